The second-order valence-electron chi connectivity index (χ2n) is 3.00. The van der Waals surface area contributed by atoms with Crippen LogP contribution in [0.3, 0.4) is 0 Å². The van der Waals surface area contributed by atoms with Gasteiger partial charge in [-0.15, -0.1) is 0 Å². The van der Waals surface area contributed by atoms with Crippen molar-refractivity contribution in [2.45, 2.75) is 12.5 Å². The normalized spacial score (nSPS) is 25.2. The number of likely N-dealkylation sites (tertiary alicyclic amines) is 1. The lowest BCUT2D eigenvalue weighted by atomic mass is 9.74. The quantitative estimate of drug-likeness (QED) is 0.427. The molecule has 1 atom stereocenters. The van der Waals surface area contributed by atoms with Crippen molar-refractivity contribution in [1.29, 1.82) is 0 Å². The molecule has 6 heteroatoms. The zero-order valence-electron chi connectivity index (χ0n) is 7.14. The monoisotopic (exact) mass is 187 g/mol. The van der Waals surface area contributed by atoms with Crippen LogP contribution in [0, 0.1) is 5.92 Å². The number of rotatable bonds is 2. The lowest BCUT2D eigenvalue weighted by molar-refractivity contribution is -0.194. The first-order valence-electron chi connectivity index (χ1n) is 3.61. The van der Waals surface area contributed by atoms with E-state index < -0.39 is 29.3 Å². The molecule has 1 unspecified atom stereocenters. The Hall–Kier alpha value is -1.59. The Bertz CT molecular complexity index is 269. The highest BCUT2D eigenvalue weighted by molar-refractivity contribution is 6.15. The van der Waals surface area contributed by atoms with Gasteiger partial charge in [-0.1, -0.05) is 6.92 Å². The van der Waals surface area contributed by atoms with Gasteiger partial charge in [-0.05, 0) is 0 Å². The number of carboxylic acid groups (broad SMARTS) is 2. The summed E-state index contributed by atoms with van der Waals surface area (Å²) in [5, 5.41) is 17.5. The molecule has 1 saturated heterocycles. The van der Waals surface area contributed by atoms with Crippen LogP contribution in [-0.2, 0) is 14.4 Å². The number of aliphatic carboxylic acids is 2. The molecular weight excluding hydrogens is 178 g/mol. The Balaban J connectivity index is 3.15. The van der Waals surface area contributed by atoms with E-state index in [1.54, 1.807) is 0 Å². The minimum atomic E-state index is -2.07. The zero-order valence-corrected chi connectivity index (χ0v) is 7.14. The molecule has 0 aromatic rings. The fourth-order valence-corrected chi connectivity index (χ4v) is 1.62. The molecule has 1 rings (SSSR count). The van der Waals surface area contributed by atoms with E-state index in [9.17, 15) is 14.4 Å². The van der Waals surface area contributed by atoms with Gasteiger partial charge in [0.1, 0.15) is 0 Å². The Morgan fingerprint density at radius 1 is 1.38 bits per heavy atom. The summed E-state index contributed by atoms with van der Waals surface area (Å²) in [5.74, 6) is -4.48. The molecule has 0 saturated carbocycles. The first-order valence-corrected chi connectivity index (χ1v) is 3.61. The van der Waals surface area contributed by atoms with Crippen LogP contribution in [0.4, 0.5) is 0 Å². The molecule has 0 aromatic carbocycles. The lowest BCUT2D eigenvalue weighted by Gasteiger charge is -2.48. The number of hydrogen-bond donors (Lipinski definition) is 2. The van der Waals surface area contributed by atoms with E-state index in [2.05, 4.69) is 0 Å². The molecule has 0 spiro atoms. The van der Waals surface area contributed by atoms with Gasteiger partial charge in [-0.3, -0.25) is 4.79 Å². The largest absolute Gasteiger partial charge is 0.479 e. The van der Waals surface area contributed by atoms with Crippen molar-refractivity contribution >= 4 is 17.8 Å². The number of hydrogen-bond acceptors (Lipinski definition) is 3. The van der Waals surface area contributed by atoms with Gasteiger partial charge < -0.3 is 15.1 Å². The highest BCUT2D eigenvalue weighted by Gasteiger charge is 2.67. The third kappa shape index (κ3) is 0.796. The van der Waals surface area contributed by atoms with Gasteiger partial charge in [0, 0.05) is 7.05 Å². The maximum Gasteiger partial charge on any atom is 0.342 e. The van der Waals surface area contributed by atoms with Gasteiger partial charge in [0.15, 0.2) is 0 Å². The van der Waals surface area contributed by atoms with E-state index in [1.165, 1.54) is 14.0 Å². The second kappa shape index (κ2) is 2.45. The summed E-state index contributed by atoms with van der Waals surface area (Å²) in [6.07, 6.45) is 0. The maximum absolute atomic E-state index is 11.0. The van der Waals surface area contributed by atoms with Gasteiger partial charge in [-0.2, -0.15) is 0 Å². The average molecular weight is 187 g/mol. The van der Waals surface area contributed by atoms with Crippen molar-refractivity contribution in [3.63, 3.8) is 0 Å². The van der Waals surface area contributed by atoms with Crippen molar-refractivity contribution in [3.05, 3.63) is 0 Å². The Morgan fingerprint density at radius 2 is 1.77 bits per heavy atom. The van der Waals surface area contributed by atoms with Gasteiger partial charge in [-0.25, -0.2) is 9.59 Å². The van der Waals surface area contributed by atoms with Gasteiger partial charge >= 0.3 is 11.9 Å². The molecule has 0 radical (unpaired) electrons. The number of carbonyl (C=O) groups is 3. The number of carboxylic acids is 2. The molecule has 2 N–H and O–H groups in total. The number of nitrogens with zero attached hydrogens (tertiary/aromatic N) is 1. The molecule has 13 heavy (non-hydrogen) atoms. The minimum absolute atomic E-state index is 0.468. The summed E-state index contributed by atoms with van der Waals surface area (Å²) in [5.41, 5.74) is -2.07. The fraction of sp³-hybridized carbons (Fsp3) is 0.571. The van der Waals surface area contributed by atoms with Crippen molar-refractivity contribution in [2.24, 2.45) is 5.92 Å². The molecule has 0 aliphatic carbocycles. The smallest absolute Gasteiger partial charge is 0.342 e. The Kier molecular flexibility index (Phi) is 1.79. The Labute approximate surface area is 73.8 Å². The van der Waals surface area contributed by atoms with E-state index in [0.717, 1.165) is 4.90 Å². The summed E-state index contributed by atoms with van der Waals surface area (Å²) in [7, 11) is 1.17. The molecule has 0 aromatic heterocycles. The number of β-lactam (4-membered cyclic amide) rings is 1. The summed E-state index contributed by atoms with van der Waals surface area (Å²) in [6, 6.07) is 0. The van der Waals surface area contributed by atoms with Crippen molar-refractivity contribution in [1.82, 2.24) is 4.90 Å². The van der Waals surface area contributed by atoms with Crippen LogP contribution in [0.2, 0.25) is 0 Å². The number of likely N-dealkylation sites (N-methyl/N-ethyl adjacent to an activating group) is 1. The van der Waals surface area contributed by atoms with Crippen LogP contribution in [0.15, 0.2) is 0 Å². The molecule has 72 valence electrons. The van der Waals surface area contributed by atoms with Crippen molar-refractivity contribution in [3.8, 4) is 0 Å². The first-order chi connectivity index (χ1) is 5.86. The average Bonchev–Trinajstić information content (AvgIpc) is 2.03. The summed E-state index contributed by atoms with van der Waals surface area (Å²) in [6.45, 7) is 1.30. The molecule has 1 aliphatic heterocycles. The van der Waals surface area contributed by atoms with Crippen LogP contribution in [0.25, 0.3) is 0 Å². The second-order valence-corrected chi connectivity index (χ2v) is 3.00. The van der Waals surface area contributed by atoms with Crippen molar-refractivity contribution < 1.29 is 24.6 Å². The van der Waals surface area contributed by atoms with E-state index in [1.807, 2.05) is 0 Å². The van der Waals surface area contributed by atoms with Crippen LogP contribution >= 0.6 is 0 Å². The molecule has 1 fully saturated rings. The first kappa shape index (κ1) is 9.50. The van der Waals surface area contributed by atoms with Gasteiger partial charge in [0.05, 0.1) is 5.92 Å². The zero-order chi connectivity index (χ0) is 10.4. The predicted octanol–water partition coefficient (Wildman–Crippen LogP) is -0.997. The standard InChI is InChI=1S/C7H9NO5/c1-3-4(9)8(2)7(3,5(10)11)6(12)13/h3H,1-2H3,(H,10,11)(H,12,13). The molecule has 1 aliphatic rings. The van der Waals surface area contributed by atoms with Gasteiger partial charge in [0.2, 0.25) is 11.4 Å². The van der Waals surface area contributed by atoms with Crippen LogP contribution in [-0.4, -0.2) is 45.5 Å². The minimum Gasteiger partial charge on any atom is -0.479 e. The number of carbonyl (C=O) groups excluding carboxylic acids is 1. The fourth-order valence-electron chi connectivity index (χ4n) is 1.62. The van der Waals surface area contributed by atoms with E-state index >= 15 is 0 Å². The van der Waals surface area contributed by atoms with Crippen LogP contribution in [0.1, 0.15) is 6.92 Å². The van der Waals surface area contributed by atoms with E-state index in [4.69, 9.17) is 10.2 Å². The molecular formula is C7H9NO5. The summed E-state index contributed by atoms with van der Waals surface area (Å²) in [4.78, 5) is 33.2. The van der Waals surface area contributed by atoms with Gasteiger partial charge in [0.25, 0.3) is 0 Å². The number of amides is 1. The highest BCUT2D eigenvalue weighted by Crippen LogP contribution is 2.36. The summed E-state index contributed by atoms with van der Waals surface area (Å²) >= 11 is 0. The van der Waals surface area contributed by atoms with E-state index in [0.29, 0.717) is 0 Å². The SMILES string of the molecule is CC1C(=O)N(C)C1(C(=O)O)C(=O)O. The van der Waals surface area contributed by atoms with E-state index in [-0.39, 0.29) is 0 Å². The molecule has 6 nitrogen and oxygen atoms in total. The predicted molar refractivity (Wildman–Crippen MR) is 39.9 cm³/mol. The Morgan fingerprint density at radius 3 is 1.92 bits per heavy atom. The molecule has 1 heterocycles. The highest BCUT2D eigenvalue weighted by atomic mass is 16.4. The third-order valence-corrected chi connectivity index (χ3v) is 2.51. The topological polar surface area (TPSA) is 94.9 Å². The molecule has 1 amide bonds. The lowest BCUT2D eigenvalue weighted by Crippen LogP contribution is -2.76. The maximum atomic E-state index is 11.0. The van der Waals surface area contributed by atoms with Crippen molar-refractivity contribution in [2.75, 3.05) is 7.05 Å². The third-order valence-electron chi connectivity index (χ3n) is 2.51. The van der Waals surface area contributed by atoms with Crippen LogP contribution in [0.5, 0.6) is 0 Å². The summed E-state index contributed by atoms with van der Waals surface area (Å²) < 4.78 is 0. The molecule has 0 bridgehead atoms. The van der Waals surface area contributed by atoms with Crippen LogP contribution < -0.4 is 0 Å².